The van der Waals surface area contributed by atoms with E-state index in [1.165, 1.54) is 0 Å². The van der Waals surface area contributed by atoms with Crippen LogP contribution in [0.4, 0.5) is 0 Å². The molecular formula is C28H41N7O4. The molecule has 0 radical (unpaired) electrons. The Bertz CT molecular complexity index is 1100. The van der Waals surface area contributed by atoms with E-state index in [0.717, 1.165) is 48.6 Å². The van der Waals surface area contributed by atoms with Gasteiger partial charge in [-0.25, -0.2) is 9.97 Å². The van der Waals surface area contributed by atoms with Crippen LogP contribution in [0.2, 0.25) is 0 Å². The van der Waals surface area contributed by atoms with Gasteiger partial charge in [0.15, 0.2) is 0 Å². The average molecular weight is 540 g/mol. The number of carboxylic acid groups (broad SMARTS) is 2. The first-order valence-corrected chi connectivity index (χ1v) is 13.5. The number of rotatable bonds is 19. The molecule has 3 aromatic rings. The zero-order chi connectivity index (χ0) is 28.0. The molecule has 0 fully saturated rings. The summed E-state index contributed by atoms with van der Waals surface area (Å²) < 4.78 is 0. The molecule has 1 unspecified atom stereocenters. The Balaban J connectivity index is 1.57. The fourth-order valence-electron chi connectivity index (χ4n) is 4.68. The smallest absolute Gasteiger partial charge is 0.317 e. The molecule has 39 heavy (non-hydrogen) atoms. The summed E-state index contributed by atoms with van der Waals surface area (Å²) in [4.78, 5) is 43.9. The number of benzene rings is 1. The van der Waals surface area contributed by atoms with Crippen LogP contribution in [0.25, 0.3) is 0 Å². The molecule has 0 amide bonds. The minimum atomic E-state index is -0.856. The van der Waals surface area contributed by atoms with Crippen molar-refractivity contribution >= 4 is 11.9 Å². The van der Waals surface area contributed by atoms with E-state index in [0.29, 0.717) is 32.7 Å². The van der Waals surface area contributed by atoms with Crippen molar-refractivity contribution < 1.29 is 19.8 Å². The van der Waals surface area contributed by atoms with Crippen LogP contribution >= 0.6 is 0 Å². The van der Waals surface area contributed by atoms with E-state index in [1.807, 2.05) is 29.1 Å². The normalized spacial score (nSPS) is 12.4. The summed E-state index contributed by atoms with van der Waals surface area (Å²) in [6.45, 7) is 8.12. The first-order valence-electron chi connectivity index (χ1n) is 13.5. The summed E-state index contributed by atoms with van der Waals surface area (Å²) in [6.07, 6.45) is 9.67. The minimum Gasteiger partial charge on any atom is -0.480 e. The predicted molar refractivity (Wildman–Crippen MR) is 148 cm³/mol. The summed E-state index contributed by atoms with van der Waals surface area (Å²) in [5.41, 5.74) is 2.19. The number of carbonyl (C=O) groups is 2. The number of H-pyrrole nitrogens is 2. The summed E-state index contributed by atoms with van der Waals surface area (Å²) in [7, 11) is 0. The number of unbranched alkanes of at least 4 members (excludes halogenated alkanes) is 1. The second-order valence-electron chi connectivity index (χ2n) is 9.89. The lowest BCUT2D eigenvalue weighted by atomic mass is 10.1. The van der Waals surface area contributed by atoms with Crippen molar-refractivity contribution in [3.63, 3.8) is 0 Å². The molecule has 0 spiro atoms. The van der Waals surface area contributed by atoms with Gasteiger partial charge in [-0.2, -0.15) is 0 Å². The fraction of sp³-hybridized carbons (Fsp3) is 0.500. The van der Waals surface area contributed by atoms with Gasteiger partial charge in [0, 0.05) is 37.9 Å². The van der Waals surface area contributed by atoms with Crippen LogP contribution in [0.15, 0.2) is 49.1 Å². The number of carboxylic acids is 2. The molecule has 1 aromatic carbocycles. The van der Waals surface area contributed by atoms with Gasteiger partial charge in [0.2, 0.25) is 0 Å². The third kappa shape index (κ3) is 10.6. The van der Waals surface area contributed by atoms with Crippen LogP contribution in [0.5, 0.6) is 0 Å². The van der Waals surface area contributed by atoms with Gasteiger partial charge in [-0.1, -0.05) is 31.2 Å². The first kappa shape index (κ1) is 30.0. The molecular weight excluding hydrogens is 498 g/mol. The lowest BCUT2D eigenvalue weighted by molar-refractivity contribution is -0.139. The van der Waals surface area contributed by atoms with Crippen LogP contribution in [0.1, 0.15) is 61.9 Å². The molecule has 0 aliphatic rings. The molecule has 0 aliphatic carbocycles. The molecule has 0 saturated carbocycles. The highest BCUT2D eigenvalue weighted by Gasteiger charge is 2.20. The summed E-state index contributed by atoms with van der Waals surface area (Å²) in [5.74, 6) is 0.0999. The summed E-state index contributed by atoms with van der Waals surface area (Å²) >= 11 is 0. The van der Waals surface area contributed by atoms with Crippen molar-refractivity contribution in [3.8, 4) is 0 Å². The molecule has 1 atom stereocenters. The molecule has 4 N–H and O–H groups in total. The number of hydrogen-bond donors (Lipinski definition) is 4. The molecule has 0 aliphatic heterocycles. The van der Waals surface area contributed by atoms with Crippen LogP contribution in [-0.4, -0.2) is 89.5 Å². The van der Waals surface area contributed by atoms with Gasteiger partial charge in [0.05, 0.1) is 25.7 Å². The third-order valence-corrected chi connectivity index (χ3v) is 6.64. The maximum atomic E-state index is 11.5. The molecule has 2 heterocycles. The van der Waals surface area contributed by atoms with Gasteiger partial charge in [0.25, 0.3) is 0 Å². The predicted octanol–water partition coefficient (Wildman–Crippen LogP) is 3.36. The van der Waals surface area contributed by atoms with Crippen molar-refractivity contribution in [2.75, 3.05) is 32.7 Å². The SMILES string of the molecule is CCCN(CCCCN(CC(=O)O)Cc1ccc(CN(Cc2ncc[nH]2)C(C)c2ncc[nH]2)cc1)CC(=O)O. The largest absolute Gasteiger partial charge is 0.480 e. The Kier molecular flexibility index (Phi) is 12.1. The van der Waals surface area contributed by atoms with Crippen LogP contribution in [-0.2, 0) is 29.2 Å². The third-order valence-electron chi connectivity index (χ3n) is 6.64. The van der Waals surface area contributed by atoms with E-state index in [2.05, 4.69) is 56.0 Å². The maximum absolute atomic E-state index is 11.5. The Morgan fingerprint density at radius 2 is 1.41 bits per heavy atom. The van der Waals surface area contributed by atoms with E-state index >= 15 is 0 Å². The van der Waals surface area contributed by atoms with Gasteiger partial charge in [-0.3, -0.25) is 24.3 Å². The topological polar surface area (TPSA) is 142 Å². The van der Waals surface area contributed by atoms with Gasteiger partial charge >= 0.3 is 11.9 Å². The minimum absolute atomic E-state index is 0.0346. The van der Waals surface area contributed by atoms with Crippen LogP contribution in [0.3, 0.4) is 0 Å². The molecule has 2 aromatic heterocycles. The second kappa shape index (κ2) is 15.8. The highest BCUT2D eigenvalue weighted by Crippen LogP contribution is 2.22. The van der Waals surface area contributed by atoms with E-state index in [-0.39, 0.29) is 19.1 Å². The van der Waals surface area contributed by atoms with Gasteiger partial charge in [-0.05, 0) is 56.9 Å². The van der Waals surface area contributed by atoms with Crippen molar-refractivity contribution in [1.29, 1.82) is 0 Å². The number of aromatic amines is 2. The molecule has 11 nitrogen and oxygen atoms in total. The molecule has 212 valence electrons. The van der Waals surface area contributed by atoms with Crippen molar-refractivity contribution in [2.45, 2.75) is 58.8 Å². The Hall–Kier alpha value is -3.54. The van der Waals surface area contributed by atoms with Crippen molar-refractivity contribution in [1.82, 2.24) is 34.6 Å². The molecule has 11 heteroatoms. The van der Waals surface area contributed by atoms with E-state index in [1.54, 1.807) is 12.4 Å². The van der Waals surface area contributed by atoms with Gasteiger partial charge in [0.1, 0.15) is 11.6 Å². The number of nitrogens with zero attached hydrogens (tertiary/aromatic N) is 5. The quantitative estimate of drug-likeness (QED) is 0.169. The standard InChI is InChI=1S/C28H41N7O4/c1-3-14-33(20-26(36)37)15-4-5-16-34(21-27(38)39)17-23-6-8-24(9-7-23)18-35(19-25-29-10-11-30-25)22(2)28-31-12-13-32-28/h6-13,22H,3-5,14-21H2,1-2H3,(H,29,30)(H,31,32)(H,36,37)(H,38,39). The van der Waals surface area contributed by atoms with Crippen molar-refractivity contribution in [2.24, 2.45) is 0 Å². The molecule has 3 rings (SSSR count). The van der Waals surface area contributed by atoms with E-state index < -0.39 is 11.9 Å². The first-order chi connectivity index (χ1) is 18.8. The highest BCUT2D eigenvalue weighted by molar-refractivity contribution is 5.69. The summed E-state index contributed by atoms with van der Waals surface area (Å²) in [6, 6.07) is 8.35. The van der Waals surface area contributed by atoms with Gasteiger partial charge in [-0.15, -0.1) is 0 Å². The number of imidazole rings is 2. The molecule has 0 bridgehead atoms. The number of nitrogens with one attached hydrogen (secondary N) is 2. The fourth-order valence-corrected chi connectivity index (χ4v) is 4.68. The Labute approximate surface area is 229 Å². The van der Waals surface area contributed by atoms with E-state index in [4.69, 9.17) is 5.11 Å². The number of aromatic nitrogens is 4. The lowest BCUT2D eigenvalue weighted by Gasteiger charge is -2.27. The Morgan fingerprint density at radius 1 is 0.821 bits per heavy atom. The highest BCUT2D eigenvalue weighted by atomic mass is 16.4. The average Bonchev–Trinajstić information content (AvgIpc) is 3.61. The Morgan fingerprint density at radius 3 is 1.97 bits per heavy atom. The number of aliphatic carboxylic acids is 2. The zero-order valence-corrected chi connectivity index (χ0v) is 22.9. The monoisotopic (exact) mass is 539 g/mol. The van der Waals surface area contributed by atoms with Crippen molar-refractivity contribution in [3.05, 3.63) is 71.8 Å². The zero-order valence-electron chi connectivity index (χ0n) is 22.9. The molecule has 0 saturated heterocycles. The number of hydrogen-bond acceptors (Lipinski definition) is 7. The van der Waals surface area contributed by atoms with Crippen LogP contribution in [0, 0.1) is 0 Å². The summed E-state index contributed by atoms with van der Waals surface area (Å²) in [5, 5.41) is 18.5. The van der Waals surface area contributed by atoms with E-state index in [9.17, 15) is 14.7 Å². The maximum Gasteiger partial charge on any atom is 0.317 e. The van der Waals surface area contributed by atoms with Gasteiger partial charge < -0.3 is 20.2 Å². The van der Waals surface area contributed by atoms with Crippen LogP contribution < -0.4 is 0 Å². The second-order valence-corrected chi connectivity index (χ2v) is 9.89. The lowest BCUT2D eigenvalue weighted by Crippen LogP contribution is -2.33.